The molecule has 5 aromatic rings. The molecule has 8 heteroatoms. The van der Waals surface area contributed by atoms with E-state index in [2.05, 4.69) is 33.3 Å². The second-order valence-corrected chi connectivity index (χ2v) is 10.4. The predicted octanol–water partition coefficient (Wildman–Crippen LogP) is 6.46. The minimum atomic E-state index is -0.218. The molecule has 1 atom stereocenters. The first-order valence-corrected chi connectivity index (χ1v) is 13.3. The monoisotopic (exact) mass is 569 g/mol. The SMILES string of the molecule is CC[C@H](C)c1nc2ccc(Br)cc2c(=O)n1N=Cc1cn(CC(=O)Nc2ccc(C)cc2)c2ccccc12. The van der Waals surface area contributed by atoms with E-state index in [0.29, 0.717) is 16.7 Å². The molecule has 2 aromatic heterocycles. The summed E-state index contributed by atoms with van der Waals surface area (Å²) in [4.78, 5) is 31.1. The highest BCUT2D eigenvalue weighted by Crippen LogP contribution is 2.23. The van der Waals surface area contributed by atoms with Crippen molar-refractivity contribution in [3.8, 4) is 0 Å². The number of aromatic nitrogens is 3. The molecule has 0 radical (unpaired) electrons. The van der Waals surface area contributed by atoms with E-state index in [4.69, 9.17) is 4.98 Å². The number of aryl methyl sites for hydroxylation is 1. The van der Waals surface area contributed by atoms with Crippen molar-refractivity contribution in [1.82, 2.24) is 14.2 Å². The van der Waals surface area contributed by atoms with E-state index in [1.807, 2.05) is 85.3 Å². The van der Waals surface area contributed by atoms with Crippen molar-refractivity contribution < 1.29 is 4.79 Å². The van der Waals surface area contributed by atoms with Crippen LogP contribution in [0.5, 0.6) is 0 Å². The molecule has 0 saturated carbocycles. The molecule has 7 nitrogen and oxygen atoms in total. The van der Waals surface area contributed by atoms with Gasteiger partial charge in [-0.3, -0.25) is 9.59 Å². The molecule has 38 heavy (non-hydrogen) atoms. The first-order chi connectivity index (χ1) is 18.3. The van der Waals surface area contributed by atoms with Crippen LogP contribution in [0, 0.1) is 6.92 Å². The summed E-state index contributed by atoms with van der Waals surface area (Å²) < 4.78 is 4.11. The van der Waals surface area contributed by atoms with Gasteiger partial charge in [0.05, 0.1) is 17.1 Å². The summed E-state index contributed by atoms with van der Waals surface area (Å²) in [6, 6.07) is 21.0. The third-order valence-corrected chi connectivity index (χ3v) is 7.16. The van der Waals surface area contributed by atoms with Crippen molar-refractivity contribution in [1.29, 1.82) is 0 Å². The Morgan fingerprint density at radius 3 is 2.63 bits per heavy atom. The number of carbonyl (C=O) groups excluding carboxylic acids is 1. The number of anilines is 1. The fourth-order valence-corrected chi connectivity index (χ4v) is 4.76. The van der Waals surface area contributed by atoms with Crippen molar-refractivity contribution in [3.05, 3.63) is 105 Å². The van der Waals surface area contributed by atoms with Crippen LogP contribution in [-0.4, -0.2) is 26.3 Å². The van der Waals surface area contributed by atoms with Gasteiger partial charge in [-0.1, -0.05) is 65.7 Å². The van der Waals surface area contributed by atoms with E-state index in [9.17, 15) is 9.59 Å². The highest BCUT2D eigenvalue weighted by atomic mass is 79.9. The Morgan fingerprint density at radius 2 is 1.87 bits per heavy atom. The zero-order chi connectivity index (χ0) is 26.8. The quantitative estimate of drug-likeness (QED) is 0.228. The van der Waals surface area contributed by atoms with Gasteiger partial charge >= 0.3 is 0 Å². The van der Waals surface area contributed by atoms with Crippen LogP contribution in [0.3, 0.4) is 0 Å². The third-order valence-electron chi connectivity index (χ3n) is 6.67. The maximum atomic E-state index is 13.5. The van der Waals surface area contributed by atoms with Crippen molar-refractivity contribution >= 4 is 55.5 Å². The van der Waals surface area contributed by atoms with Gasteiger partial charge in [-0.2, -0.15) is 9.78 Å². The Bertz CT molecular complexity index is 1730. The molecule has 5 rings (SSSR count). The van der Waals surface area contributed by atoms with Gasteiger partial charge < -0.3 is 9.88 Å². The maximum absolute atomic E-state index is 13.5. The molecule has 1 N–H and O–H groups in total. The topological polar surface area (TPSA) is 81.3 Å². The van der Waals surface area contributed by atoms with E-state index in [-0.39, 0.29) is 23.9 Å². The lowest BCUT2D eigenvalue weighted by molar-refractivity contribution is -0.116. The van der Waals surface area contributed by atoms with Crippen LogP contribution in [0.15, 0.2) is 87.3 Å². The number of amides is 1. The van der Waals surface area contributed by atoms with Crippen LogP contribution in [0.1, 0.15) is 43.1 Å². The molecular formula is C30H28BrN5O2. The smallest absolute Gasteiger partial charge is 0.282 e. The fourth-order valence-electron chi connectivity index (χ4n) is 4.40. The Balaban J connectivity index is 1.52. The zero-order valence-corrected chi connectivity index (χ0v) is 23.1. The molecule has 2 heterocycles. The summed E-state index contributed by atoms with van der Waals surface area (Å²) in [5.74, 6) is 0.530. The number of rotatable bonds is 7. The number of nitrogens with one attached hydrogen (secondary N) is 1. The minimum absolute atomic E-state index is 0.0414. The molecule has 0 saturated heterocycles. The molecule has 3 aromatic carbocycles. The van der Waals surface area contributed by atoms with Crippen LogP contribution in [0.4, 0.5) is 5.69 Å². The Morgan fingerprint density at radius 1 is 1.11 bits per heavy atom. The van der Waals surface area contributed by atoms with Gasteiger partial charge in [-0.15, -0.1) is 0 Å². The van der Waals surface area contributed by atoms with Gasteiger partial charge in [0.25, 0.3) is 5.56 Å². The lowest BCUT2D eigenvalue weighted by Gasteiger charge is -2.13. The number of carbonyl (C=O) groups is 1. The third kappa shape index (κ3) is 5.17. The molecule has 0 aliphatic rings. The first kappa shape index (κ1) is 25.6. The van der Waals surface area contributed by atoms with E-state index < -0.39 is 0 Å². The Kier molecular flexibility index (Phi) is 7.24. The van der Waals surface area contributed by atoms with E-state index in [0.717, 1.165) is 38.6 Å². The molecule has 0 aliphatic heterocycles. The largest absolute Gasteiger partial charge is 0.337 e. The molecular weight excluding hydrogens is 542 g/mol. The number of fused-ring (bicyclic) bond motifs is 2. The van der Waals surface area contributed by atoms with Crippen LogP contribution in [0.2, 0.25) is 0 Å². The van der Waals surface area contributed by atoms with Crippen molar-refractivity contribution in [2.24, 2.45) is 5.10 Å². The summed E-state index contributed by atoms with van der Waals surface area (Å²) in [7, 11) is 0. The van der Waals surface area contributed by atoms with Gasteiger partial charge in [0, 0.05) is 38.7 Å². The fraction of sp³-hybridized carbons (Fsp3) is 0.200. The van der Waals surface area contributed by atoms with Crippen LogP contribution in [0.25, 0.3) is 21.8 Å². The summed E-state index contributed by atoms with van der Waals surface area (Å²) in [5, 5.41) is 9.02. The molecule has 1 amide bonds. The summed E-state index contributed by atoms with van der Waals surface area (Å²) in [5.41, 5.74) is 4.03. The Labute approximate surface area is 229 Å². The number of para-hydroxylation sites is 1. The molecule has 0 unspecified atom stereocenters. The van der Waals surface area contributed by atoms with Gasteiger partial charge in [-0.25, -0.2) is 4.98 Å². The first-order valence-electron chi connectivity index (χ1n) is 12.5. The van der Waals surface area contributed by atoms with Crippen molar-refractivity contribution in [2.45, 2.75) is 39.7 Å². The number of halogens is 1. The second kappa shape index (κ2) is 10.8. The van der Waals surface area contributed by atoms with Gasteiger partial charge in [0.2, 0.25) is 5.91 Å². The van der Waals surface area contributed by atoms with Gasteiger partial charge in [0.15, 0.2) is 0 Å². The zero-order valence-electron chi connectivity index (χ0n) is 21.5. The standard InChI is InChI=1S/C30H28BrN5O2/c1-4-20(3)29-34-26-14-11-22(31)15-25(26)30(38)36(29)32-16-21-17-35(27-8-6-5-7-24(21)27)18-28(37)33-23-12-9-19(2)10-13-23/h5-17,20H,4,18H2,1-3H3,(H,33,37)/t20-/m0/s1. The van der Waals surface area contributed by atoms with E-state index in [1.165, 1.54) is 4.68 Å². The second-order valence-electron chi connectivity index (χ2n) is 9.45. The van der Waals surface area contributed by atoms with Gasteiger partial charge in [-0.05, 0) is 49.7 Å². The average Bonchev–Trinajstić information content (AvgIpc) is 3.26. The molecule has 0 spiro atoms. The van der Waals surface area contributed by atoms with Crippen LogP contribution >= 0.6 is 15.9 Å². The highest BCUT2D eigenvalue weighted by molar-refractivity contribution is 9.10. The number of hydrogen-bond acceptors (Lipinski definition) is 4. The van der Waals surface area contributed by atoms with Gasteiger partial charge in [0.1, 0.15) is 12.4 Å². The normalized spacial score (nSPS) is 12.4. The lowest BCUT2D eigenvalue weighted by atomic mass is 10.1. The molecule has 0 fully saturated rings. The van der Waals surface area contributed by atoms with E-state index in [1.54, 1.807) is 12.3 Å². The summed E-state index contributed by atoms with van der Waals surface area (Å²) >= 11 is 3.45. The molecule has 192 valence electrons. The molecule has 0 bridgehead atoms. The number of hydrogen-bond donors (Lipinski definition) is 1. The summed E-state index contributed by atoms with van der Waals surface area (Å²) in [6.45, 7) is 6.25. The average molecular weight is 570 g/mol. The predicted molar refractivity (Wildman–Crippen MR) is 157 cm³/mol. The van der Waals surface area contributed by atoms with E-state index >= 15 is 0 Å². The van der Waals surface area contributed by atoms with Crippen LogP contribution < -0.4 is 10.9 Å². The molecule has 0 aliphatic carbocycles. The Hall–Kier alpha value is -4.04. The van der Waals surface area contributed by atoms with Crippen LogP contribution in [-0.2, 0) is 11.3 Å². The van der Waals surface area contributed by atoms with Crippen molar-refractivity contribution in [3.63, 3.8) is 0 Å². The van der Waals surface area contributed by atoms with Crippen molar-refractivity contribution in [2.75, 3.05) is 5.32 Å². The maximum Gasteiger partial charge on any atom is 0.282 e. The summed E-state index contributed by atoms with van der Waals surface area (Å²) in [6.07, 6.45) is 4.39. The number of benzene rings is 3. The minimum Gasteiger partial charge on any atom is -0.337 e. The number of nitrogens with zero attached hydrogens (tertiary/aromatic N) is 4. The highest BCUT2D eigenvalue weighted by Gasteiger charge is 2.16. The lowest BCUT2D eigenvalue weighted by Crippen LogP contribution is -2.23.